The highest BCUT2D eigenvalue weighted by molar-refractivity contribution is 5.35. The number of nitriles is 1. The number of hydrogen-bond acceptors (Lipinski definition) is 3. The molecule has 90 valence electrons. The zero-order valence-corrected chi connectivity index (χ0v) is 9.65. The van der Waals surface area contributed by atoms with Crippen molar-refractivity contribution in [3.8, 4) is 11.8 Å². The molecule has 0 bridgehead atoms. The second kappa shape index (κ2) is 5.15. The van der Waals surface area contributed by atoms with Gasteiger partial charge in [0.05, 0.1) is 23.8 Å². The normalized spacial score (nSPS) is 23.4. The Kier molecular flexibility index (Phi) is 3.60. The summed E-state index contributed by atoms with van der Waals surface area (Å²) in [5.41, 5.74) is 0.292. The second-order valence-electron chi connectivity index (χ2n) is 4.21. The van der Waals surface area contributed by atoms with Crippen LogP contribution in [0.4, 0.5) is 4.39 Å². The molecule has 0 N–H and O–H groups in total. The van der Waals surface area contributed by atoms with E-state index in [-0.39, 0.29) is 18.0 Å². The quantitative estimate of drug-likeness (QED) is 0.808. The van der Waals surface area contributed by atoms with Crippen LogP contribution in [0.1, 0.15) is 25.3 Å². The number of rotatable bonds is 3. The van der Waals surface area contributed by atoms with E-state index in [1.165, 1.54) is 18.2 Å². The highest BCUT2D eigenvalue weighted by atomic mass is 19.1. The summed E-state index contributed by atoms with van der Waals surface area (Å²) in [5.74, 6) is -0.331. The Hall–Kier alpha value is -1.60. The van der Waals surface area contributed by atoms with Crippen LogP contribution in [-0.4, -0.2) is 18.8 Å². The maximum Gasteiger partial charge on any atom is 0.166 e. The highest BCUT2D eigenvalue weighted by Crippen LogP contribution is 2.22. The van der Waals surface area contributed by atoms with Crippen molar-refractivity contribution in [3.05, 3.63) is 29.6 Å². The SMILES string of the molecule is CC1CCC(COc2ccc(C#N)cc2F)O1. The first-order chi connectivity index (χ1) is 8.19. The van der Waals surface area contributed by atoms with Crippen LogP contribution in [0.25, 0.3) is 0 Å². The first-order valence-corrected chi connectivity index (χ1v) is 5.67. The van der Waals surface area contributed by atoms with E-state index in [1.807, 2.05) is 13.0 Å². The lowest BCUT2D eigenvalue weighted by atomic mass is 10.2. The minimum atomic E-state index is -0.505. The number of benzene rings is 1. The summed E-state index contributed by atoms with van der Waals surface area (Å²) in [4.78, 5) is 0. The number of halogens is 1. The molecule has 3 nitrogen and oxygen atoms in total. The van der Waals surface area contributed by atoms with Gasteiger partial charge in [0.2, 0.25) is 0 Å². The van der Waals surface area contributed by atoms with Gasteiger partial charge < -0.3 is 9.47 Å². The first kappa shape index (κ1) is 11.9. The zero-order chi connectivity index (χ0) is 12.3. The van der Waals surface area contributed by atoms with Crippen LogP contribution in [0.5, 0.6) is 5.75 Å². The third-order valence-corrected chi connectivity index (χ3v) is 2.81. The molecule has 1 aromatic carbocycles. The molecule has 1 heterocycles. The molecule has 0 amide bonds. The van der Waals surface area contributed by atoms with Gasteiger partial charge in [-0.25, -0.2) is 4.39 Å². The largest absolute Gasteiger partial charge is 0.488 e. The minimum Gasteiger partial charge on any atom is -0.488 e. The average Bonchev–Trinajstić information content (AvgIpc) is 2.73. The van der Waals surface area contributed by atoms with Gasteiger partial charge in [-0.15, -0.1) is 0 Å². The Balaban J connectivity index is 1.93. The molecule has 2 unspecified atom stereocenters. The predicted octanol–water partition coefficient (Wildman–Crippen LogP) is 2.64. The van der Waals surface area contributed by atoms with E-state index in [0.29, 0.717) is 12.2 Å². The Morgan fingerprint density at radius 1 is 1.53 bits per heavy atom. The Morgan fingerprint density at radius 3 is 2.94 bits per heavy atom. The van der Waals surface area contributed by atoms with Crippen molar-refractivity contribution >= 4 is 0 Å². The van der Waals surface area contributed by atoms with Crippen LogP contribution in [0, 0.1) is 17.1 Å². The highest BCUT2D eigenvalue weighted by Gasteiger charge is 2.22. The van der Waals surface area contributed by atoms with E-state index in [2.05, 4.69) is 0 Å². The predicted molar refractivity (Wildman–Crippen MR) is 60.2 cm³/mol. The summed E-state index contributed by atoms with van der Waals surface area (Å²) in [6, 6.07) is 6.07. The van der Waals surface area contributed by atoms with Gasteiger partial charge in [-0.3, -0.25) is 0 Å². The third-order valence-electron chi connectivity index (χ3n) is 2.81. The fourth-order valence-electron chi connectivity index (χ4n) is 1.88. The molecule has 0 saturated carbocycles. The van der Waals surface area contributed by atoms with E-state index in [4.69, 9.17) is 14.7 Å². The van der Waals surface area contributed by atoms with Gasteiger partial charge in [0.1, 0.15) is 6.61 Å². The van der Waals surface area contributed by atoms with Crippen LogP contribution in [0.2, 0.25) is 0 Å². The van der Waals surface area contributed by atoms with Crippen molar-refractivity contribution in [2.24, 2.45) is 0 Å². The van der Waals surface area contributed by atoms with Crippen LogP contribution >= 0.6 is 0 Å². The van der Waals surface area contributed by atoms with Crippen LogP contribution in [-0.2, 0) is 4.74 Å². The van der Waals surface area contributed by atoms with E-state index in [9.17, 15) is 4.39 Å². The molecule has 1 fully saturated rings. The molecule has 17 heavy (non-hydrogen) atoms. The Morgan fingerprint density at radius 2 is 2.35 bits per heavy atom. The van der Waals surface area contributed by atoms with Crippen molar-refractivity contribution in [1.82, 2.24) is 0 Å². The second-order valence-corrected chi connectivity index (χ2v) is 4.21. The lowest BCUT2D eigenvalue weighted by molar-refractivity contribution is 0.0256. The van der Waals surface area contributed by atoms with Gasteiger partial charge in [0, 0.05) is 0 Å². The van der Waals surface area contributed by atoms with Gasteiger partial charge in [0.15, 0.2) is 11.6 Å². The van der Waals surface area contributed by atoms with Gasteiger partial charge >= 0.3 is 0 Å². The fourth-order valence-corrected chi connectivity index (χ4v) is 1.88. The van der Waals surface area contributed by atoms with E-state index >= 15 is 0 Å². The number of hydrogen-bond donors (Lipinski definition) is 0. The van der Waals surface area contributed by atoms with Crippen molar-refractivity contribution < 1.29 is 13.9 Å². The molecule has 1 aliphatic heterocycles. The minimum absolute atomic E-state index is 0.0417. The van der Waals surface area contributed by atoms with Gasteiger partial charge in [0.25, 0.3) is 0 Å². The van der Waals surface area contributed by atoms with Crippen LogP contribution in [0.15, 0.2) is 18.2 Å². The van der Waals surface area contributed by atoms with Crippen LogP contribution < -0.4 is 4.74 Å². The number of ether oxygens (including phenoxy) is 2. The summed E-state index contributed by atoms with van der Waals surface area (Å²) in [6.45, 7) is 2.37. The maximum atomic E-state index is 13.5. The van der Waals surface area contributed by atoms with Gasteiger partial charge in [-0.05, 0) is 38.0 Å². The van der Waals surface area contributed by atoms with Crippen molar-refractivity contribution in [2.45, 2.75) is 32.0 Å². The maximum absolute atomic E-state index is 13.5. The molecular formula is C13H14FNO2. The van der Waals surface area contributed by atoms with E-state index < -0.39 is 5.82 Å². The average molecular weight is 235 g/mol. The lowest BCUT2D eigenvalue weighted by Crippen LogP contribution is -2.18. The molecule has 1 aromatic rings. The molecular weight excluding hydrogens is 221 g/mol. The van der Waals surface area contributed by atoms with E-state index in [1.54, 1.807) is 0 Å². The lowest BCUT2D eigenvalue weighted by Gasteiger charge is -2.13. The van der Waals surface area contributed by atoms with Gasteiger partial charge in [-0.2, -0.15) is 5.26 Å². The summed E-state index contributed by atoms with van der Waals surface area (Å²) in [5, 5.41) is 8.61. The molecule has 4 heteroatoms. The summed E-state index contributed by atoms with van der Waals surface area (Å²) in [7, 11) is 0. The molecule has 0 radical (unpaired) electrons. The molecule has 0 spiro atoms. The monoisotopic (exact) mass is 235 g/mol. The van der Waals surface area contributed by atoms with Crippen molar-refractivity contribution in [3.63, 3.8) is 0 Å². The summed E-state index contributed by atoms with van der Waals surface area (Å²) in [6.07, 6.45) is 2.26. The topological polar surface area (TPSA) is 42.2 Å². The number of nitrogens with zero attached hydrogens (tertiary/aromatic N) is 1. The molecule has 1 aliphatic rings. The Bertz CT molecular complexity index is 442. The van der Waals surface area contributed by atoms with Crippen molar-refractivity contribution in [2.75, 3.05) is 6.61 Å². The smallest absolute Gasteiger partial charge is 0.166 e. The standard InChI is InChI=1S/C13H14FNO2/c1-9-2-4-11(17-9)8-16-13-5-3-10(7-15)6-12(13)14/h3,5-6,9,11H,2,4,8H2,1H3. The first-order valence-electron chi connectivity index (χ1n) is 5.67. The van der Waals surface area contributed by atoms with Gasteiger partial charge in [-0.1, -0.05) is 0 Å². The zero-order valence-electron chi connectivity index (χ0n) is 9.65. The Labute approximate surface area is 99.8 Å². The molecule has 0 aliphatic carbocycles. The fraction of sp³-hybridized carbons (Fsp3) is 0.462. The summed E-state index contributed by atoms with van der Waals surface area (Å²) >= 11 is 0. The van der Waals surface area contributed by atoms with Crippen LogP contribution in [0.3, 0.4) is 0 Å². The van der Waals surface area contributed by atoms with Crippen molar-refractivity contribution in [1.29, 1.82) is 5.26 Å². The third kappa shape index (κ3) is 2.95. The molecule has 2 rings (SSSR count). The molecule has 0 aromatic heterocycles. The summed E-state index contributed by atoms with van der Waals surface area (Å²) < 4.78 is 24.4. The molecule has 1 saturated heterocycles. The molecule has 2 atom stereocenters. The van der Waals surface area contributed by atoms with E-state index in [0.717, 1.165) is 12.8 Å².